The molecule has 1 amide bonds. The van der Waals surface area contributed by atoms with Gasteiger partial charge in [0.15, 0.2) is 0 Å². The zero-order valence-corrected chi connectivity index (χ0v) is 9.42. The van der Waals surface area contributed by atoms with Crippen molar-refractivity contribution in [3.05, 3.63) is 0 Å². The van der Waals surface area contributed by atoms with Gasteiger partial charge in [-0.1, -0.05) is 0 Å². The number of carbonyl (C=O) groups excluding carboxylic acids is 1. The lowest BCUT2D eigenvalue weighted by atomic mass is 9.72. The Morgan fingerprint density at radius 1 is 1.13 bits per heavy atom. The summed E-state index contributed by atoms with van der Waals surface area (Å²) < 4.78 is 5.47. The highest BCUT2D eigenvalue weighted by Crippen LogP contribution is 2.64. The van der Waals surface area contributed by atoms with Crippen molar-refractivity contribution in [2.24, 2.45) is 5.41 Å². The molecule has 3 heteroatoms. The summed E-state index contributed by atoms with van der Waals surface area (Å²) in [4.78, 5) is 13.8. The Hall–Kier alpha value is -0.570. The van der Waals surface area contributed by atoms with Crippen LogP contribution in [0.1, 0.15) is 39.0 Å². The van der Waals surface area contributed by atoms with Crippen LogP contribution in [0.2, 0.25) is 0 Å². The third kappa shape index (κ3) is 1.13. The summed E-state index contributed by atoms with van der Waals surface area (Å²) in [6, 6.07) is 0. The summed E-state index contributed by atoms with van der Waals surface area (Å²) in [5.41, 5.74) is 0.666. The number of ether oxygens (including phenoxy) is 1. The maximum absolute atomic E-state index is 11.6. The molecule has 0 N–H and O–H groups in total. The van der Waals surface area contributed by atoms with Gasteiger partial charge in [0.1, 0.15) is 0 Å². The molecular weight excluding hydrogens is 190 g/mol. The molecule has 3 aliphatic rings. The smallest absolute Gasteiger partial charge is 0.219 e. The summed E-state index contributed by atoms with van der Waals surface area (Å²) in [5.74, 6) is 0.274. The minimum Gasteiger partial charge on any atom is -0.381 e. The van der Waals surface area contributed by atoms with Gasteiger partial charge in [0, 0.05) is 32.2 Å². The number of carbonyl (C=O) groups is 1. The van der Waals surface area contributed by atoms with Crippen molar-refractivity contribution in [3.8, 4) is 0 Å². The van der Waals surface area contributed by atoms with Gasteiger partial charge < -0.3 is 9.64 Å². The van der Waals surface area contributed by atoms with Gasteiger partial charge in [-0.15, -0.1) is 0 Å². The summed E-state index contributed by atoms with van der Waals surface area (Å²) >= 11 is 0. The van der Waals surface area contributed by atoms with Crippen molar-refractivity contribution in [2.75, 3.05) is 19.8 Å². The highest BCUT2D eigenvalue weighted by atomic mass is 16.5. The molecule has 0 radical (unpaired) electrons. The lowest BCUT2D eigenvalue weighted by Crippen LogP contribution is -2.46. The summed E-state index contributed by atoms with van der Waals surface area (Å²) in [6.45, 7) is 4.49. The topological polar surface area (TPSA) is 29.5 Å². The predicted molar refractivity (Wildman–Crippen MR) is 56.5 cm³/mol. The van der Waals surface area contributed by atoms with Gasteiger partial charge in [-0.25, -0.2) is 0 Å². The number of likely N-dealkylation sites (tertiary alicyclic amines) is 1. The first kappa shape index (κ1) is 9.64. The van der Waals surface area contributed by atoms with Crippen LogP contribution in [0, 0.1) is 5.41 Å². The van der Waals surface area contributed by atoms with Gasteiger partial charge in [0.05, 0.1) is 0 Å². The van der Waals surface area contributed by atoms with Crippen LogP contribution >= 0.6 is 0 Å². The summed E-state index contributed by atoms with van der Waals surface area (Å²) in [7, 11) is 0. The van der Waals surface area contributed by atoms with Crippen LogP contribution < -0.4 is 0 Å². The molecule has 3 rings (SSSR count). The van der Waals surface area contributed by atoms with Crippen molar-refractivity contribution in [1.29, 1.82) is 0 Å². The maximum atomic E-state index is 11.6. The Morgan fingerprint density at radius 2 is 1.80 bits per heavy atom. The normalized spacial score (nSPS) is 31.1. The molecule has 1 aliphatic carbocycles. The van der Waals surface area contributed by atoms with Gasteiger partial charge in [0.2, 0.25) is 5.91 Å². The summed E-state index contributed by atoms with van der Waals surface area (Å²) in [6.07, 6.45) is 5.99. The zero-order chi connectivity index (χ0) is 10.5. The number of fused-ring (bicyclic) bond motifs is 1. The van der Waals surface area contributed by atoms with E-state index in [1.54, 1.807) is 6.92 Å². The standard InChI is InChI=1S/C12H19NO2/c1-10(14)13-7-4-11(12(13)2-3-12)5-8-15-9-6-11/h2-9H2,1H3. The van der Waals surface area contributed by atoms with E-state index in [4.69, 9.17) is 4.74 Å². The van der Waals surface area contributed by atoms with E-state index < -0.39 is 0 Å². The van der Waals surface area contributed by atoms with E-state index in [9.17, 15) is 4.79 Å². The third-order valence-corrected chi connectivity index (χ3v) is 4.87. The SMILES string of the molecule is CC(=O)N1CCC2(CCOCC2)C12CC2. The molecule has 0 atom stereocenters. The van der Waals surface area contributed by atoms with E-state index in [0.29, 0.717) is 5.41 Å². The van der Waals surface area contributed by atoms with Gasteiger partial charge in [-0.05, 0) is 37.5 Å². The van der Waals surface area contributed by atoms with Crippen LogP contribution in [-0.2, 0) is 9.53 Å². The Balaban J connectivity index is 1.89. The van der Waals surface area contributed by atoms with Crippen molar-refractivity contribution in [1.82, 2.24) is 4.90 Å². The van der Waals surface area contributed by atoms with E-state index in [2.05, 4.69) is 4.90 Å². The molecule has 0 unspecified atom stereocenters. The number of nitrogens with zero attached hydrogens (tertiary/aromatic N) is 1. The molecule has 2 aliphatic heterocycles. The molecule has 1 saturated carbocycles. The Bertz CT molecular complexity index is 290. The van der Waals surface area contributed by atoms with Crippen LogP contribution in [0.4, 0.5) is 0 Å². The van der Waals surface area contributed by atoms with Gasteiger partial charge in [0.25, 0.3) is 0 Å². The second-order valence-electron chi connectivity index (χ2n) is 5.34. The first-order chi connectivity index (χ1) is 7.20. The van der Waals surface area contributed by atoms with Crippen molar-refractivity contribution in [3.63, 3.8) is 0 Å². The average Bonchev–Trinajstić information content (AvgIpc) is 2.95. The highest BCUT2D eigenvalue weighted by molar-refractivity contribution is 5.75. The van der Waals surface area contributed by atoms with Crippen LogP contribution in [-0.4, -0.2) is 36.1 Å². The van der Waals surface area contributed by atoms with Gasteiger partial charge >= 0.3 is 0 Å². The first-order valence-electron chi connectivity index (χ1n) is 6.06. The van der Waals surface area contributed by atoms with Gasteiger partial charge in [-0.3, -0.25) is 4.79 Å². The van der Waals surface area contributed by atoms with Crippen molar-refractivity contribution in [2.45, 2.75) is 44.6 Å². The molecule has 3 fully saturated rings. The van der Waals surface area contributed by atoms with E-state index in [1.807, 2.05) is 0 Å². The Kier molecular flexibility index (Phi) is 1.91. The highest BCUT2D eigenvalue weighted by Gasteiger charge is 2.66. The fourth-order valence-corrected chi connectivity index (χ4v) is 3.91. The predicted octanol–water partition coefficient (Wildman–Crippen LogP) is 1.57. The van der Waals surface area contributed by atoms with Crippen molar-refractivity contribution >= 4 is 5.91 Å². The fraction of sp³-hybridized carbons (Fsp3) is 0.917. The van der Waals surface area contributed by atoms with E-state index >= 15 is 0 Å². The van der Waals surface area contributed by atoms with Crippen LogP contribution in [0.3, 0.4) is 0 Å². The van der Waals surface area contributed by atoms with Crippen molar-refractivity contribution < 1.29 is 9.53 Å². The molecule has 2 saturated heterocycles. The lowest BCUT2D eigenvalue weighted by molar-refractivity contribution is -0.132. The minimum absolute atomic E-state index is 0.253. The molecule has 84 valence electrons. The fourth-order valence-electron chi connectivity index (χ4n) is 3.91. The average molecular weight is 209 g/mol. The lowest BCUT2D eigenvalue weighted by Gasteiger charge is -2.41. The second kappa shape index (κ2) is 2.97. The number of hydrogen-bond donors (Lipinski definition) is 0. The van der Waals surface area contributed by atoms with Crippen LogP contribution in [0.25, 0.3) is 0 Å². The quantitative estimate of drug-likeness (QED) is 0.606. The Morgan fingerprint density at radius 3 is 2.33 bits per heavy atom. The molecule has 0 aromatic heterocycles. The van der Waals surface area contributed by atoms with E-state index in [-0.39, 0.29) is 11.4 Å². The molecule has 15 heavy (non-hydrogen) atoms. The monoisotopic (exact) mass is 209 g/mol. The largest absolute Gasteiger partial charge is 0.381 e. The molecular formula is C12H19NO2. The minimum atomic E-state index is 0.253. The number of rotatable bonds is 0. The number of hydrogen-bond acceptors (Lipinski definition) is 2. The van der Waals surface area contributed by atoms with Crippen LogP contribution in [0.15, 0.2) is 0 Å². The summed E-state index contributed by atoms with van der Waals surface area (Å²) in [5, 5.41) is 0. The molecule has 2 heterocycles. The maximum Gasteiger partial charge on any atom is 0.219 e. The van der Waals surface area contributed by atoms with Gasteiger partial charge in [-0.2, -0.15) is 0 Å². The molecule has 0 aromatic carbocycles. The Labute approximate surface area is 90.8 Å². The molecule has 2 spiro atoms. The molecule has 3 nitrogen and oxygen atoms in total. The number of amides is 1. The van der Waals surface area contributed by atoms with Crippen LogP contribution in [0.5, 0.6) is 0 Å². The second-order valence-corrected chi connectivity index (χ2v) is 5.34. The first-order valence-corrected chi connectivity index (χ1v) is 6.06. The third-order valence-electron chi connectivity index (χ3n) is 4.87. The molecule has 0 aromatic rings. The van der Waals surface area contributed by atoms with E-state index in [1.165, 1.54) is 19.3 Å². The van der Waals surface area contributed by atoms with E-state index in [0.717, 1.165) is 32.6 Å². The molecule has 0 bridgehead atoms. The zero-order valence-electron chi connectivity index (χ0n) is 9.42.